The van der Waals surface area contributed by atoms with Crippen LogP contribution < -0.4 is 11.0 Å². The van der Waals surface area contributed by atoms with Gasteiger partial charge in [-0.15, -0.1) is 0 Å². The molecule has 1 heterocycles. The van der Waals surface area contributed by atoms with Gasteiger partial charge in [0.05, 0.1) is 0 Å². The summed E-state index contributed by atoms with van der Waals surface area (Å²) in [4.78, 5) is 17.2. The molecule has 0 aliphatic rings. The Bertz CT molecular complexity index is 703. The summed E-state index contributed by atoms with van der Waals surface area (Å²) in [7, 11) is 0. The molecule has 5 nitrogen and oxygen atoms in total. The number of nitrogens with one attached hydrogen (secondary N) is 2. The number of hydrogen-bond donors (Lipinski definition) is 2. The van der Waals surface area contributed by atoms with E-state index in [2.05, 4.69) is 15.3 Å². The first-order valence-electron chi connectivity index (χ1n) is 5.59. The third kappa shape index (κ3) is 3.16. The van der Waals surface area contributed by atoms with Crippen molar-refractivity contribution >= 4 is 5.82 Å². The van der Waals surface area contributed by atoms with Crippen molar-refractivity contribution in [2.45, 2.75) is 13.5 Å². The van der Waals surface area contributed by atoms with Gasteiger partial charge in [-0.3, -0.25) is 4.98 Å². The van der Waals surface area contributed by atoms with E-state index in [4.69, 9.17) is 5.26 Å². The van der Waals surface area contributed by atoms with Gasteiger partial charge in [-0.2, -0.15) is 10.2 Å². The lowest BCUT2D eigenvalue weighted by Crippen LogP contribution is -2.14. The molecule has 2 rings (SSSR count). The summed E-state index contributed by atoms with van der Waals surface area (Å²) in [6.45, 7) is 2.07. The van der Waals surface area contributed by atoms with E-state index in [1.807, 2.05) is 6.07 Å². The second-order valence-corrected chi connectivity index (χ2v) is 4.03. The zero-order chi connectivity index (χ0) is 13.8. The van der Waals surface area contributed by atoms with Gasteiger partial charge in [-0.1, -0.05) is 12.1 Å². The molecule has 0 unspecified atom stereocenters. The van der Waals surface area contributed by atoms with E-state index in [1.54, 1.807) is 19.1 Å². The van der Waals surface area contributed by atoms with Crippen LogP contribution in [-0.2, 0) is 6.54 Å². The molecule has 0 spiro atoms. The SMILES string of the molecule is Cc1cc(CNc2cc(C#N)[nH]c(=O)n2)ccc1F. The summed E-state index contributed by atoms with van der Waals surface area (Å²) in [5.74, 6) is 0.0482. The standard InChI is InChI=1S/C13H11FN4O/c1-8-4-9(2-3-11(8)14)7-16-12-5-10(6-15)17-13(19)18-12/h2-5H,7H2,1H3,(H2,16,17,18,19). The van der Waals surface area contributed by atoms with Crippen molar-refractivity contribution in [1.29, 1.82) is 5.26 Å². The minimum absolute atomic E-state index is 0.137. The number of anilines is 1. The first kappa shape index (κ1) is 12.8. The minimum Gasteiger partial charge on any atom is -0.366 e. The molecule has 0 aliphatic heterocycles. The summed E-state index contributed by atoms with van der Waals surface area (Å²) < 4.78 is 13.1. The lowest BCUT2D eigenvalue weighted by atomic mass is 10.1. The van der Waals surface area contributed by atoms with Gasteiger partial charge < -0.3 is 5.32 Å². The number of aromatic amines is 1. The molecule has 0 aliphatic carbocycles. The number of benzene rings is 1. The van der Waals surface area contributed by atoms with Crippen molar-refractivity contribution in [3.8, 4) is 6.07 Å². The molecule has 19 heavy (non-hydrogen) atoms. The maximum Gasteiger partial charge on any atom is 0.347 e. The van der Waals surface area contributed by atoms with E-state index in [1.165, 1.54) is 12.1 Å². The molecule has 96 valence electrons. The highest BCUT2D eigenvalue weighted by Gasteiger charge is 2.02. The maximum absolute atomic E-state index is 13.1. The predicted octanol–water partition coefficient (Wildman–Crippen LogP) is 1.70. The van der Waals surface area contributed by atoms with Crippen molar-refractivity contribution < 1.29 is 4.39 Å². The van der Waals surface area contributed by atoms with Crippen LogP contribution in [0.15, 0.2) is 29.1 Å². The first-order chi connectivity index (χ1) is 9.08. The predicted molar refractivity (Wildman–Crippen MR) is 68.0 cm³/mol. The van der Waals surface area contributed by atoms with Gasteiger partial charge in [0, 0.05) is 12.6 Å². The molecule has 2 N–H and O–H groups in total. The average Bonchev–Trinajstić information content (AvgIpc) is 2.39. The summed E-state index contributed by atoms with van der Waals surface area (Å²) in [5.41, 5.74) is 0.963. The molecule has 1 aromatic carbocycles. The van der Waals surface area contributed by atoms with E-state index in [-0.39, 0.29) is 11.5 Å². The van der Waals surface area contributed by atoms with Crippen LogP contribution in [0.5, 0.6) is 0 Å². The van der Waals surface area contributed by atoms with Crippen molar-refractivity contribution in [1.82, 2.24) is 9.97 Å². The Morgan fingerprint density at radius 3 is 2.95 bits per heavy atom. The maximum atomic E-state index is 13.1. The molecule has 0 fully saturated rings. The van der Waals surface area contributed by atoms with E-state index in [9.17, 15) is 9.18 Å². The van der Waals surface area contributed by atoms with E-state index >= 15 is 0 Å². The molecule has 0 atom stereocenters. The average molecular weight is 258 g/mol. The van der Waals surface area contributed by atoms with Crippen molar-refractivity contribution in [3.05, 3.63) is 57.4 Å². The Balaban J connectivity index is 2.14. The summed E-state index contributed by atoms with van der Waals surface area (Å²) >= 11 is 0. The Kier molecular flexibility index (Phi) is 3.57. The lowest BCUT2D eigenvalue weighted by molar-refractivity contribution is 0.617. The fourth-order valence-corrected chi connectivity index (χ4v) is 1.62. The topological polar surface area (TPSA) is 81.6 Å². The van der Waals surface area contributed by atoms with Crippen LogP contribution in [0.2, 0.25) is 0 Å². The molecule has 0 saturated heterocycles. The van der Waals surface area contributed by atoms with Gasteiger partial charge in [0.25, 0.3) is 0 Å². The van der Waals surface area contributed by atoms with Crippen LogP contribution in [0.25, 0.3) is 0 Å². The molecule has 0 amide bonds. The minimum atomic E-state index is -0.586. The normalized spacial score (nSPS) is 9.95. The van der Waals surface area contributed by atoms with Crippen LogP contribution in [0.4, 0.5) is 10.2 Å². The quantitative estimate of drug-likeness (QED) is 0.878. The summed E-state index contributed by atoms with van der Waals surface area (Å²) in [6.07, 6.45) is 0. The van der Waals surface area contributed by atoms with Crippen LogP contribution in [0.3, 0.4) is 0 Å². The smallest absolute Gasteiger partial charge is 0.347 e. The fraction of sp³-hybridized carbons (Fsp3) is 0.154. The van der Waals surface area contributed by atoms with Gasteiger partial charge in [0.15, 0.2) is 0 Å². The largest absolute Gasteiger partial charge is 0.366 e. The molecular weight excluding hydrogens is 247 g/mol. The highest BCUT2D eigenvalue weighted by atomic mass is 19.1. The number of rotatable bonds is 3. The van der Waals surface area contributed by atoms with E-state index < -0.39 is 5.69 Å². The summed E-state index contributed by atoms with van der Waals surface area (Å²) in [5, 5.41) is 11.6. The van der Waals surface area contributed by atoms with Crippen molar-refractivity contribution in [2.24, 2.45) is 0 Å². The monoisotopic (exact) mass is 258 g/mol. The van der Waals surface area contributed by atoms with Gasteiger partial charge >= 0.3 is 5.69 Å². The molecule has 0 bridgehead atoms. The Morgan fingerprint density at radius 2 is 2.26 bits per heavy atom. The molecule has 0 saturated carbocycles. The van der Waals surface area contributed by atoms with Gasteiger partial charge in [0.1, 0.15) is 23.4 Å². The highest BCUT2D eigenvalue weighted by molar-refractivity contribution is 5.39. The number of nitriles is 1. The second kappa shape index (κ2) is 5.31. The van der Waals surface area contributed by atoms with Crippen LogP contribution in [0, 0.1) is 24.1 Å². The number of halogens is 1. The number of nitrogens with zero attached hydrogens (tertiary/aromatic N) is 2. The Morgan fingerprint density at radius 1 is 1.47 bits per heavy atom. The molecular formula is C13H11FN4O. The number of H-pyrrole nitrogens is 1. The lowest BCUT2D eigenvalue weighted by Gasteiger charge is -2.06. The van der Waals surface area contributed by atoms with Crippen molar-refractivity contribution in [2.75, 3.05) is 5.32 Å². The zero-order valence-corrected chi connectivity index (χ0v) is 10.2. The molecule has 2 aromatic rings. The summed E-state index contributed by atoms with van der Waals surface area (Å²) in [6, 6.07) is 8.02. The van der Waals surface area contributed by atoms with Crippen LogP contribution in [0.1, 0.15) is 16.8 Å². The number of aryl methyl sites for hydroxylation is 1. The Labute approximate surface area is 108 Å². The highest BCUT2D eigenvalue weighted by Crippen LogP contribution is 2.11. The third-order valence-electron chi connectivity index (χ3n) is 2.56. The third-order valence-corrected chi connectivity index (χ3v) is 2.56. The fourth-order valence-electron chi connectivity index (χ4n) is 1.62. The number of hydrogen-bond acceptors (Lipinski definition) is 4. The zero-order valence-electron chi connectivity index (χ0n) is 10.2. The molecule has 1 aromatic heterocycles. The van der Waals surface area contributed by atoms with E-state index in [0.29, 0.717) is 17.9 Å². The van der Waals surface area contributed by atoms with E-state index in [0.717, 1.165) is 5.56 Å². The van der Waals surface area contributed by atoms with Gasteiger partial charge in [-0.05, 0) is 24.1 Å². The van der Waals surface area contributed by atoms with Gasteiger partial charge in [0.2, 0.25) is 0 Å². The van der Waals surface area contributed by atoms with Gasteiger partial charge in [-0.25, -0.2) is 9.18 Å². The molecule has 0 radical (unpaired) electrons. The second-order valence-electron chi connectivity index (χ2n) is 4.03. The van der Waals surface area contributed by atoms with Crippen molar-refractivity contribution in [3.63, 3.8) is 0 Å². The Hall–Kier alpha value is -2.68. The molecule has 6 heteroatoms. The van der Waals surface area contributed by atoms with Crippen LogP contribution in [-0.4, -0.2) is 9.97 Å². The number of aromatic nitrogens is 2. The van der Waals surface area contributed by atoms with Crippen LogP contribution >= 0.6 is 0 Å². The first-order valence-corrected chi connectivity index (χ1v) is 5.59.